The van der Waals surface area contributed by atoms with Crippen molar-refractivity contribution < 1.29 is 9.84 Å². The number of fused-ring (bicyclic) bond motifs is 1. The summed E-state index contributed by atoms with van der Waals surface area (Å²) in [6.45, 7) is 2.14. The summed E-state index contributed by atoms with van der Waals surface area (Å²) >= 11 is 0. The summed E-state index contributed by atoms with van der Waals surface area (Å²) in [6.07, 6.45) is 7.38. The molecular weight excluding hydrogens is 312 g/mol. The number of rotatable bonds is 6. The van der Waals surface area contributed by atoms with Gasteiger partial charge in [0.15, 0.2) is 0 Å². The summed E-state index contributed by atoms with van der Waals surface area (Å²) in [5, 5.41) is 10.5. The molecule has 0 saturated carbocycles. The molecule has 1 aromatic carbocycles. The third-order valence-corrected chi connectivity index (χ3v) is 5.59. The van der Waals surface area contributed by atoms with E-state index in [9.17, 15) is 5.11 Å². The van der Waals surface area contributed by atoms with Crippen molar-refractivity contribution in [2.24, 2.45) is 0 Å². The van der Waals surface area contributed by atoms with Gasteiger partial charge in [0.2, 0.25) is 0 Å². The second-order valence-corrected chi connectivity index (χ2v) is 7.35. The van der Waals surface area contributed by atoms with E-state index in [1.165, 1.54) is 29.7 Å². The topological polar surface area (TPSA) is 48.5 Å². The second-order valence-electron chi connectivity index (χ2n) is 7.35. The van der Waals surface area contributed by atoms with Gasteiger partial charge in [0, 0.05) is 24.5 Å². The Morgan fingerprint density at radius 2 is 2.08 bits per heavy atom. The lowest BCUT2D eigenvalue weighted by atomic mass is 9.89. The Bertz CT molecular complexity index is 670. The van der Waals surface area contributed by atoms with Gasteiger partial charge in [-0.05, 0) is 61.9 Å². The number of aliphatic hydroxyl groups is 1. The van der Waals surface area contributed by atoms with E-state index in [0.717, 1.165) is 25.8 Å². The molecule has 3 unspecified atom stereocenters. The van der Waals surface area contributed by atoms with Crippen molar-refractivity contribution >= 4 is 0 Å². The van der Waals surface area contributed by atoms with Crippen molar-refractivity contribution in [1.29, 1.82) is 0 Å². The van der Waals surface area contributed by atoms with Gasteiger partial charge < -0.3 is 14.8 Å². The van der Waals surface area contributed by atoms with Crippen LogP contribution in [-0.4, -0.2) is 40.8 Å². The van der Waals surface area contributed by atoms with Crippen molar-refractivity contribution in [2.45, 2.75) is 50.4 Å². The van der Waals surface area contributed by atoms with Crippen LogP contribution < -0.4 is 0 Å². The molecule has 4 nitrogen and oxygen atoms in total. The highest BCUT2D eigenvalue weighted by molar-refractivity contribution is 5.31. The zero-order valence-electron chi connectivity index (χ0n) is 14.7. The largest absolute Gasteiger partial charge is 0.389 e. The van der Waals surface area contributed by atoms with Crippen LogP contribution in [0.1, 0.15) is 54.6 Å². The number of nitrogens with one attached hydrogen (secondary N) is 1. The van der Waals surface area contributed by atoms with Crippen LogP contribution in [0.25, 0.3) is 0 Å². The molecule has 2 N–H and O–H groups in total. The summed E-state index contributed by atoms with van der Waals surface area (Å²) < 4.78 is 6.12. The minimum Gasteiger partial charge on any atom is -0.389 e. The molecule has 1 saturated heterocycles. The first-order valence-electron chi connectivity index (χ1n) is 9.56. The summed E-state index contributed by atoms with van der Waals surface area (Å²) in [6, 6.07) is 13.2. The van der Waals surface area contributed by atoms with Crippen LogP contribution in [0.15, 0.2) is 42.6 Å². The quantitative estimate of drug-likeness (QED) is 0.844. The molecule has 0 radical (unpaired) electrons. The number of H-pyrrole nitrogens is 1. The molecule has 1 aromatic heterocycles. The zero-order chi connectivity index (χ0) is 17.1. The summed E-state index contributed by atoms with van der Waals surface area (Å²) in [5.41, 5.74) is 3.97. The van der Waals surface area contributed by atoms with E-state index in [-0.39, 0.29) is 6.10 Å². The Balaban J connectivity index is 1.32. The predicted octanol–water partition coefficient (Wildman–Crippen LogP) is 3.61. The Labute approximate surface area is 149 Å². The molecule has 2 aliphatic rings. The number of benzene rings is 1. The van der Waals surface area contributed by atoms with Gasteiger partial charge in [-0.2, -0.15) is 0 Å². The maximum atomic E-state index is 10.5. The van der Waals surface area contributed by atoms with Crippen LogP contribution in [0.2, 0.25) is 0 Å². The highest BCUT2D eigenvalue weighted by atomic mass is 16.5. The number of hydrogen-bond donors (Lipinski definition) is 2. The first kappa shape index (κ1) is 16.8. The molecule has 2 aromatic rings. The molecule has 1 aliphatic carbocycles. The lowest BCUT2D eigenvalue weighted by Gasteiger charge is -2.29. The average molecular weight is 340 g/mol. The molecule has 25 heavy (non-hydrogen) atoms. The van der Waals surface area contributed by atoms with Gasteiger partial charge >= 0.3 is 0 Å². The standard InChI is InChI=1S/C21H28N2O2/c24-17(14-23-13-5-10-20(23)19-9-4-12-22-19)15-25-21-11-3-7-16-6-1-2-8-18(16)21/h1-2,4,6,8-9,12,17,20-22,24H,3,5,7,10-11,13-15H2. The number of hydrogen-bond acceptors (Lipinski definition) is 3. The number of nitrogens with zero attached hydrogens (tertiary/aromatic N) is 1. The SMILES string of the molecule is OC(COC1CCCc2ccccc21)CN1CCCC1c1ccc[nH]1. The number of ether oxygens (including phenoxy) is 1. The third-order valence-electron chi connectivity index (χ3n) is 5.59. The van der Waals surface area contributed by atoms with Crippen molar-refractivity contribution in [1.82, 2.24) is 9.88 Å². The van der Waals surface area contributed by atoms with Crippen LogP contribution in [-0.2, 0) is 11.2 Å². The van der Waals surface area contributed by atoms with Crippen LogP contribution in [0.3, 0.4) is 0 Å². The van der Waals surface area contributed by atoms with Gasteiger partial charge in [-0.25, -0.2) is 0 Å². The third kappa shape index (κ3) is 3.81. The molecule has 0 bridgehead atoms. The van der Waals surface area contributed by atoms with Gasteiger partial charge in [-0.15, -0.1) is 0 Å². The van der Waals surface area contributed by atoms with Gasteiger partial charge in [0.25, 0.3) is 0 Å². The second kappa shape index (κ2) is 7.73. The van der Waals surface area contributed by atoms with E-state index >= 15 is 0 Å². The smallest absolute Gasteiger partial charge is 0.0900 e. The van der Waals surface area contributed by atoms with Crippen LogP contribution in [0.4, 0.5) is 0 Å². The Hall–Kier alpha value is -1.62. The van der Waals surface area contributed by atoms with Crippen molar-refractivity contribution in [2.75, 3.05) is 19.7 Å². The lowest BCUT2D eigenvalue weighted by molar-refractivity contribution is -0.0295. The fraction of sp³-hybridized carbons (Fsp3) is 0.524. The monoisotopic (exact) mass is 340 g/mol. The number of aliphatic hydroxyl groups excluding tert-OH is 1. The molecule has 0 spiro atoms. The molecule has 1 fully saturated rings. The number of aryl methyl sites for hydroxylation is 1. The highest BCUT2D eigenvalue weighted by Crippen LogP contribution is 2.33. The molecule has 2 heterocycles. The van der Waals surface area contributed by atoms with E-state index in [0.29, 0.717) is 19.2 Å². The van der Waals surface area contributed by atoms with E-state index in [1.807, 2.05) is 12.3 Å². The number of aromatic nitrogens is 1. The molecule has 4 rings (SSSR count). The predicted molar refractivity (Wildman–Crippen MR) is 98.4 cm³/mol. The van der Waals surface area contributed by atoms with Gasteiger partial charge in [-0.1, -0.05) is 24.3 Å². The minimum atomic E-state index is -0.440. The van der Waals surface area contributed by atoms with E-state index < -0.39 is 6.10 Å². The lowest BCUT2D eigenvalue weighted by Crippen LogP contribution is -2.35. The number of likely N-dealkylation sites (tertiary alicyclic amines) is 1. The summed E-state index contributed by atoms with van der Waals surface area (Å²) in [7, 11) is 0. The van der Waals surface area contributed by atoms with Crippen molar-refractivity contribution in [3.63, 3.8) is 0 Å². The van der Waals surface area contributed by atoms with Crippen LogP contribution >= 0.6 is 0 Å². The van der Waals surface area contributed by atoms with Crippen molar-refractivity contribution in [3.05, 3.63) is 59.4 Å². The first-order chi connectivity index (χ1) is 12.3. The molecule has 0 amide bonds. The maximum absolute atomic E-state index is 10.5. The Kier molecular flexibility index (Phi) is 5.20. The molecule has 1 aliphatic heterocycles. The zero-order valence-corrected chi connectivity index (χ0v) is 14.7. The summed E-state index contributed by atoms with van der Waals surface area (Å²) in [4.78, 5) is 5.71. The number of β-amino-alcohol motifs (C(OH)–C–C–N with tert-alkyl or cyclic N) is 1. The normalized spacial score (nSPS) is 25.0. The Morgan fingerprint density at radius 1 is 1.16 bits per heavy atom. The van der Waals surface area contributed by atoms with E-state index in [1.54, 1.807) is 0 Å². The van der Waals surface area contributed by atoms with Crippen LogP contribution in [0.5, 0.6) is 0 Å². The highest BCUT2D eigenvalue weighted by Gasteiger charge is 2.29. The Morgan fingerprint density at radius 3 is 2.96 bits per heavy atom. The first-order valence-corrected chi connectivity index (χ1v) is 9.56. The fourth-order valence-corrected chi connectivity index (χ4v) is 4.38. The van der Waals surface area contributed by atoms with Gasteiger partial charge in [-0.3, -0.25) is 4.90 Å². The van der Waals surface area contributed by atoms with Gasteiger partial charge in [0.05, 0.1) is 18.8 Å². The average Bonchev–Trinajstić information content (AvgIpc) is 3.31. The molecule has 3 atom stereocenters. The fourth-order valence-electron chi connectivity index (χ4n) is 4.38. The maximum Gasteiger partial charge on any atom is 0.0900 e. The minimum absolute atomic E-state index is 0.136. The van der Waals surface area contributed by atoms with E-state index in [2.05, 4.69) is 40.2 Å². The van der Waals surface area contributed by atoms with Crippen molar-refractivity contribution in [3.8, 4) is 0 Å². The van der Waals surface area contributed by atoms with E-state index in [4.69, 9.17) is 4.74 Å². The van der Waals surface area contributed by atoms with Gasteiger partial charge in [0.1, 0.15) is 0 Å². The molecular formula is C21H28N2O2. The summed E-state index contributed by atoms with van der Waals surface area (Å²) in [5.74, 6) is 0. The number of aromatic amines is 1. The molecule has 4 heteroatoms. The van der Waals surface area contributed by atoms with Crippen LogP contribution in [0, 0.1) is 0 Å². The molecule has 134 valence electrons.